The van der Waals surface area contributed by atoms with E-state index in [9.17, 15) is 14.9 Å². The van der Waals surface area contributed by atoms with Crippen LogP contribution in [-0.4, -0.2) is 23.7 Å². The summed E-state index contributed by atoms with van der Waals surface area (Å²) in [7, 11) is 0. The molecule has 32 heavy (non-hydrogen) atoms. The fraction of sp³-hybridized carbons (Fsp3) is 0.240. The lowest BCUT2D eigenvalue weighted by molar-refractivity contribution is -0.138. The Kier molecular flexibility index (Phi) is 7.74. The first-order chi connectivity index (χ1) is 15.5. The summed E-state index contributed by atoms with van der Waals surface area (Å²) in [6.45, 7) is 5.50. The number of hydrogen-bond donors (Lipinski definition) is 2. The zero-order chi connectivity index (χ0) is 23.1. The minimum atomic E-state index is -0.645. The number of anilines is 1. The molecular weight excluding hydrogens is 422 g/mol. The molecule has 1 aliphatic rings. The van der Waals surface area contributed by atoms with Crippen LogP contribution in [0.2, 0.25) is 0 Å². The highest BCUT2D eigenvalue weighted by Gasteiger charge is 2.38. The van der Waals surface area contributed by atoms with Crippen LogP contribution in [0.15, 0.2) is 82.5 Å². The van der Waals surface area contributed by atoms with Crippen molar-refractivity contribution < 1.29 is 14.3 Å². The lowest BCUT2D eigenvalue weighted by Crippen LogP contribution is -2.34. The Morgan fingerprint density at radius 3 is 2.34 bits per heavy atom. The number of ether oxygens (including phenoxy) is 1. The van der Waals surface area contributed by atoms with Crippen LogP contribution in [0.1, 0.15) is 32.3 Å². The number of dihydropyridines is 1. The van der Waals surface area contributed by atoms with E-state index in [0.29, 0.717) is 27.6 Å². The number of nitrogens with zero attached hydrogens (tertiary/aromatic N) is 1. The molecule has 3 rings (SSSR count). The van der Waals surface area contributed by atoms with Crippen molar-refractivity contribution >= 4 is 29.3 Å². The average molecular weight is 448 g/mol. The van der Waals surface area contributed by atoms with Crippen molar-refractivity contribution in [2.24, 2.45) is 0 Å². The number of carbonyl (C=O) groups excluding carboxylic acids is 2. The number of amides is 1. The summed E-state index contributed by atoms with van der Waals surface area (Å²) in [5.74, 6) is -1.47. The van der Waals surface area contributed by atoms with E-state index >= 15 is 0 Å². The molecule has 2 aromatic carbocycles. The number of carbonyl (C=O) groups is 2. The maximum absolute atomic E-state index is 13.4. The summed E-state index contributed by atoms with van der Waals surface area (Å²) >= 11 is 1.24. The molecule has 0 bridgehead atoms. The normalized spacial score (nSPS) is 16.6. The van der Waals surface area contributed by atoms with Gasteiger partial charge in [-0.15, -0.1) is 0 Å². The zero-order valence-electron chi connectivity index (χ0n) is 18.2. The molecule has 0 aliphatic carbocycles. The number of benzene rings is 2. The third-order valence-electron chi connectivity index (χ3n) is 4.91. The first-order valence-corrected chi connectivity index (χ1v) is 11.2. The highest BCUT2D eigenvalue weighted by molar-refractivity contribution is 8.03. The van der Waals surface area contributed by atoms with Crippen LogP contribution in [-0.2, 0) is 14.3 Å². The molecule has 7 heteroatoms. The van der Waals surface area contributed by atoms with Gasteiger partial charge in [-0.3, -0.25) is 4.79 Å². The summed E-state index contributed by atoms with van der Waals surface area (Å²) in [6.07, 6.45) is 0. The average Bonchev–Trinajstić information content (AvgIpc) is 2.79. The van der Waals surface area contributed by atoms with Crippen LogP contribution in [0.4, 0.5) is 5.69 Å². The van der Waals surface area contributed by atoms with E-state index in [1.807, 2.05) is 48.5 Å². The van der Waals surface area contributed by atoms with Gasteiger partial charge in [-0.2, -0.15) is 5.26 Å². The second-order valence-electron chi connectivity index (χ2n) is 7.18. The topological polar surface area (TPSA) is 91.2 Å². The molecule has 0 saturated carbocycles. The number of thioether (sulfide) groups is 1. The van der Waals surface area contributed by atoms with Crippen LogP contribution < -0.4 is 10.6 Å². The van der Waals surface area contributed by atoms with Gasteiger partial charge in [-0.05, 0) is 38.5 Å². The van der Waals surface area contributed by atoms with E-state index in [1.54, 1.807) is 32.9 Å². The highest BCUT2D eigenvalue weighted by atomic mass is 32.2. The summed E-state index contributed by atoms with van der Waals surface area (Å²) in [5.41, 5.74) is 2.82. The van der Waals surface area contributed by atoms with E-state index in [-0.39, 0.29) is 12.5 Å². The first-order valence-electron chi connectivity index (χ1n) is 10.3. The molecule has 0 unspecified atom stereocenters. The first kappa shape index (κ1) is 23.2. The molecular formula is C25H25N3O3S. The number of allylic oxidation sites excluding steroid dienone is 1. The van der Waals surface area contributed by atoms with E-state index < -0.39 is 17.1 Å². The SMILES string of the molecule is CCOC(=O)C1=C(S[C@H](C)C#N)NC(C)=C(C(=O)Nc2ccccc2)[C@@H]1c1ccccc1. The number of rotatable bonds is 7. The molecule has 0 radical (unpaired) electrons. The molecule has 2 atom stereocenters. The van der Waals surface area contributed by atoms with Crippen molar-refractivity contribution in [2.45, 2.75) is 31.9 Å². The quantitative estimate of drug-likeness (QED) is 0.598. The standard InChI is InChI=1S/C25H25N3O3S/c1-4-31-25(30)22-21(18-11-7-5-8-12-18)20(17(3)27-24(22)32-16(2)15-26)23(29)28-19-13-9-6-10-14-19/h5-14,16,21,27H,4H2,1-3H3,(H,28,29)/t16-,21+/m1/s1. The van der Waals surface area contributed by atoms with Gasteiger partial charge in [-0.25, -0.2) is 4.79 Å². The largest absolute Gasteiger partial charge is 0.463 e. The second kappa shape index (κ2) is 10.7. The third-order valence-corrected chi connectivity index (χ3v) is 5.92. The number of nitrogens with one attached hydrogen (secondary N) is 2. The van der Waals surface area contributed by atoms with Gasteiger partial charge in [0.1, 0.15) is 0 Å². The Morgan fingerprint density at radius 2 is 1.75 bits per heavy atom. The lowest BCUT2D eigenvalue weighted by atomic mass is 9.81. The Labute approximate surface area is 192 Å². The molecule has 0 fully saturated rings. The van der Waals surface area contributed by atoms with Crippen LogP contribution in [0, 0.1) is 11.3 Å². The molecule has 0 aromatic heterocycles. The Hall–Kier alpha value is -3.50. The van der Waals surface area contributed by atoms with Crippen LogP contribution >= 0.6 is 11.8 Å². The summed E-state index contributed by atoms with van der Waals surface area (Å²) in [6, 6.07) is 20.7. The Balaban J connectivity index is 2.14. The molecule has 1 aliphatic heterocycles. The summed E-state index contributed by atoms with van der Waals surface area (Å²) in [5, 5.41) is 15.6. The zero-order valence-corrected chi connectivity index (χ0v) is 19.0. The van der Waals surface area contributed by atoms with Gasteiger partial charge in [-0.1, -0.05) is 60.3 Å². The molecule has 0 saturated heterocycles. The van der Waals surface area contributed by atoms with Crippen molar-refractivity contribution in [1.29, 1.82) is 5.26 Å². The van der Waals surface area contributed by atoms with Gasteiger partial charge < -0.3 is 15.4 Å². The second-order valence-corrected chi connectivity index (χ2v) is 8.53. The minimum absolute atomic E-state index is 0.198. The van der Waals surface area contributed by atoms with Crippen molar-refractivity contribution in [1.82, 2.24) is 5.32 Å². The summed E-state index contributed by atoms with van der Waals surface area (Å²) < 4.78 is 5.37. The monoisotopic (exact) mass is 447 g/mol. The van der Waals surface area contributed by atoms with E-state index in [4.69, 9.17) is 4.74 Å². The molecule has 164 valence electrons. The smallest absolute Gasteiger partial charge is 0.337 e. The van der Waals surface area contributed by atoms with E-state index in [0.717, 1.165) is 5.56 Å². The predicted molar refractivity (Wildman–Crippen MR) is 126 cm³/mol. The predicted octanol–water partition coefficient (Wildman–Crippen LogP) is 4.71. The molecule has 0 spiro atoms. The van der Waals surface area contributed by atoms with Crippen LogP contribution in [0.3, 0.4) is 0 Å². The van der Waals surface area contributed by atoms with Crippen molar-refractivity contribution in [2.75, 3.05) is 11.9 Å². The highest BCUT2D eigenvalue weighted by Crippen LogP contribution is 2.42. The van der Waals surface area contributed by atoms with Gasteiger partial charge in [0.2, 0.25) is 0 Å². The lowest BCUT2D eigenvalue weighted by Gasteiger charge is -2.32. The Bertz CT molecular complexity index is 1090. The van der Waals surface area contributed by atoms with Gasteiger partial charge in [0.15, 0.2) is 0 Å². The van der Waals surface area contributed by atoms with E-state index in [1.165, 1.54) is 11.8 Å². The molecule has 2 N–H and O–H groups in total. The maximum Gasteiger partial charge on any atom is 0.337 e. The summed E-state index contributed by atoms with van der Waals surface area (Å²) in [4.78, 5) is 26.6. The van der Waals surface area contributed by atoms with Gasteiger partial charge in [0.25, 0.3) is 5.91 Å². The van der Waals surface area contributed by atoms with Crippen molar-refractivity contribution in [3.05, 3.63) is 88.1 Å². The molecule has 1 heterocycles. The molecule has 2 aromatic rings. The third kappa shape index (κ3) is 5.21. The van der Waals surface area contributed by atoms with E-state index in [2.05, 4.69) is 16.7 Å². The maximum atomic E-state index is 13.4. The van der Waals surface area contributed by atoms with Gasteiger partial charge >= 0.3 is 5.97 Å². The number of hydrogen-bond acceptors (Lipinski definition) is 6. The fourth-order valence-electron chi connectivity index (χ4n) is 3.51. The number of para-hydroxylation sites is 1. The van der Waals surface area contributed by atoms with Crippen molar-refractivity contribution in [3.8, 4) is 6.07 Å². The van der Waals surface area contributed by atoms with Crippen molar-refractivity contribution in [3.63, 3.8) is 0 Å². The van der Waals surface area contributed by atoms with Crippen LogP contribution in [0.5, 0.6) is 0 Å². The van der Waals surface area contributed by atoms with Gasteiger partial charge in [0, 0.05) is 17.0 Å². The van der Waals surface area contributed by atoms with Crippen LogP contribution in [0.25, 0.3) is 0 Å². The molecule has 1 amide bonds. The fourth-order valence-corrected chi connectivity index (χ4v) is 4.46. The Morgan fingerprint density at radius 1 is 1.12 bits per heavy atom. The number of esters is 1. The number of nitriles is 1. The molecule has 6 nitrogen and oxygen atoms in total. The minimum Gasteiger partial charge on any atom is -0.463 e. The van der Waals surface area contributed by atoms with Gasteiger partial charge in [0.05, 0.1) is 34.4 Å².